The molecular formula is C22H17ClFN5O3S. The topological polar surface area (TPSA) is 102 Å². The lowest BCUT2D eigenvalue weighted by Gasteiger charge is -2.29. The number of fused-ring (bicyclic) bond motifs is 1. The van der Waals surface area contributed by atoms with E-state index in [1.807, 2.05) is 6.07 Å². The van der Waals surface area contributed by atoms with Crippen molar-refractivity contribution in [1.82, 2.24) is 9.38 Å². The van der Waals surface area contributed by atoms with Crippen molar-refractivity contribution in [3.8, 4) is 6.07 Å². The molecular weight excluding hydrogens is 469 g/mol. The van der Waals surface area contributed by atoms with Gasteiger partial charge < -0.3 is 10.0 Å². The Labute approximate surface area is 198 Å². The van der Waals surface area contributed by atoms with E-state index in [2.05, 4.69) is 4.98 Å². The number of amides is 1. The number of halogens is 2. The van der Waals surface area contributed by atoms with Crippen LogP contribution >= 0.6 is 23.8 Å². The van der Waals surface area contributed by atoms with E-state index in [9.17, 15) is 14.7 Å². The molecule has 0 spiro atoms. The molecule has 1 aliphatic heterocycles. The summed E-state index contributed by atoms with van der Waals surface area (Å²) in [7, 11) is 0. The van der Waals surface area contributed by atoms with E-state index in [0.29, 0.717) is 5.69 Å². The molecule has 3 heterocycles. The summed E-state index contributed by atoms with van der Waals surface area (Å²) in [4.78, 5) is 32.6. The summed E-state index contributed by atoms with van der Waals surface area (Å²) < 4.78 is 16.0. The van der Waals surface area contributed by atoms with Gasteiger partial charge in [-0.05, 0) is 51.2 Å². The minimum absolute atomic E-state index is 0.0442. The maximum atomic E-state index is 15.0. The normalized spacial score (nSPS) is 16.4. The number of rotatable bonds is 3. The summed E-state index contributed by atoms with van der Waals surface area (Å²) in [5, 5.41) is 19.0. The maximum absolute atomic E-state index is 15.0. The third kappa shape index (κ3) is 3.54. The number of nitrogens with zero attached hydrogens (tertiary/aromatic N) is 5. The number of pyridine rings is 1. The van der Waals surface area contributed by atoms with Crippen LogP contribution in [-0.4, -0.2) is 31.0 Å². The summed E-state index contributed by atoms with van der Waals surface area (Å²) in [5.74, 6) is -1.22. The van der Waals surface area contributed by atoms with Crippen molar-refractivity contribution in [1.29, 1.82) is 5.26 Å². The average Bonchev–Trinajstić information content (AvgIpc) is 2.92. The first-order chi connectivity index (χ1) is 15.5. The van der Waals surface area contributed by atoms with Gasteiger partial charge in [-0.1, -0.05) is 11.6 Å². The van der Waals surface area contributed by atoms with Gasteiger partial charge in [0.2, 0.25) is 0 Å². The molecule has 1 N–H and O–H groups in total. The minimum atomic E-state index is -1.23. The summed E-state index contributed by atoms with van der Waals surface area (Å²) >= 11 is 11.7. The Morgan fingerprint density at radius 1 is 1.24 bits per heavy atom. The Balaban J connectivity index is 1.86. The lowest BCUT2D eigenvalue weighted by molar-refractivity contribution is -0.120. The monoisotopic (exact) mass is 485 g/mol. The van der Waals surface area contributed by atoms with Crippen molar-refractivity contribution in [3.63, 3.8) is 0 Å². The lowest BCUT2D eigenvalue weighted by Crippen LogP contribution is -2.44. The summed E-state index contributed by atoms with van der Waals surface area (Å²) in [6, 6.07) is 8.67. The Hall–Kier alpha value is -3.39. The van der Waals surface area contributed by atoms with Gasteiger partial charge in [0.1, 0.15) is 11.6 Å². The quantitative estimate of drug-likeness (QED) is 0.568. The first kappa shape index (κ1) is 22.8. The molecule has 0 unspecified atom stereocenters. The highest BCUT2D eigenvalue weighted by Crippen LogP contribution is 2.37. The van der Waals surface area contributed by atoms with Crippen LogP contribution in [0.4, 0.5) is 15.8 Å². The second-order valence-electron chi connectivity index (χ2n) is 8.03. The van der Waals surface area contributed by atoms with Gasteiger partial charge in [0.15, 0.2) is 16.6 Å². The molecule has 0 saturated carbocycles. The Morgan fingerprint density at radius 3 is 2.55 bits per heavy atom. The second kappa shape index (κ2) is 7.88. The van der Waals surface area contributed by atoms with Crippen LogP contribution in [0.5, 0.6) is 0 Å². The standard InChI is InChI=1S/C22H17ClFN5O3S/c1-11(30)17-8-18(31)27-10-14(7-16(24)19(27)26-17)29-21(33)28(20(32)22(29,2)3)13-5-4-12(9-25)15(23)6-13/h4-8,10-11,30H,1-3H3/t11-/m1/s1. The average molecular weight is 486 g/mol. The first-order valence-electron chi connectivity index (χ1n) is 9.76. The molecule has 1 amide bonds. The lowest BCUT2D eigenvalue weighted by atomic mass is 10.0. The number of hydrogen-bond donors (Lipinski definition) is 1. The van der Waals surface area contributed by atoms with Crippen LogP contribution in [-0.2, 0) is 4.79 Å². The summed E-state index contributed by atoms with van der Waals surface area (Å²) in [5.41, 5.74) is -1.27. The molecule has 1 atom stereocenters. The van der Waals surface area contributed by atoms with Gasteiger partial charge >= 0.3 is 0 Å². The third-order valence-corrected chi connectivity index (χ3v) is 6.09. The number of nitriles is 1. The largest absolute Gasteiger partial charge is 0.387 e. The third-order valence-electron chi connectivity index (χ3n) is 5.41. The second-order valence-corrected chi connectivity index (χ2v) is 8.80. The molecule has 1 fully saturated rings. The van der Waals surface area contributed by atoms with E-state index in [-0.39, 0.29) is 32.7 Å². The Morgan fingerprint density at radius 2 is 1.94 bits per heavy atom. The van der Waals surface area contributed by atoms with E-state index in [1.54, 1.807) is 19.9 Å². The smallest absolute Gasteiger partial charge is 0.259 e. The highest BCUT2D eigenvalue weighted by Gasteiger charge is 2.50. The number of anilines is 2. The van der Waals surface area contributed by atoms with Crippen molar-refractivity contribution in [2.45, 2.75) is 32.4 Å². The zero-order valence-electron chi connectivity index (χ0n) is 17.7. The van der Waals surface area contributed by atoms with Gasteiger partial charge in [0.05, 0.1) is 33.8 Å². The van der Waals surface area contributed by atoms with Crippen LogP contribution in [0.25, 0.3) is 5.65 Å². The van der Waals surface area contributed by atoms with Crippen LogP contribution in [0.15, 0.2) is 41.3 Å². The number of hydrogen-bond acceptors (Lipinski definition) is 6. The number of carbonyl (C=O) groups excluding carboxylic acids is 1. The molecule has 2 aromatic heterocycles. The van der Waals surface area contributed by atoms with Crippen LogP contribution in [0.2, 0.25) is 5.02 Å². The van der Waals surface area contributed by atoms with Crippen LogP contribution < -0.4 is 15.4 Å². The van der Waals surface area contributed by atoms with E-state index in [0.717, 1.165) is 16.5 Å². The van der Waals surface area contributed by atoms with Gasteiger partial charge in [-0.25, -0.2) is 9.37 Å². The Bertz CT molecular complexity index is 1450. The molecule has 1 aromatic carbocycles. The number of benzene rings is 1. The van der Waals surface area contributed by atoms with Gasteiger partial charge in [-0.15, -0.1) is 0 Å². The molecule has 168 valence electrons. The van der Waals surface area contributed by atoms with Crippen molar-refractivity contribution >= 4 is 51.9 Å². The van der Waals surface area contributed by atoms with Crippen LogP contribution in [0.3, 0.4) is 0 Å². The van der Waals surface area contributed by atoms with Gasteiger partial charge in [-0.3, -0.25) is 18.9 Å². The fourth-order valence-corrected chi connectivity index (χ4v) is 4.43. The predicted molar refractivity (Wildman–Crippen MR) is 125 cm³/mol. The van der Waals surface area contributed by atoms with E-state index < -0.39 is 28.9 Å². The fourth-order valence-electron chi connectivity index (χ4n) is 3.69. The molecule has 0 bridgehead atoms. The number of aromatic nitrogens is 2. The predicted octanol–water partition coefficient (Wildman–Crippen LogP) is 3.33. The number of aliphatic hydroxyl groups is 1. The van der Waals surface area contributed by atoms with Crippen molar-refractivity contribution in [2.75, 3.05) is 9.80 Å². The summed E-state index contributed by atoms with van der Waals surface area (Å²) in [6.07, 6.45) is 0.299. The molecule has 8 nitrogen and oxygen atoms in total. The van der Waals surface area contributed by atoms with E-state index in [4.69, 9.17) is 29.1 Å². The maximum Gasteiger partial charge on any atom is 0.259 e. The highest BCUT2D eigenvalue weighted by molar-refractivity contribution is 7.81. The van der Waals surface area contributed by atoms with Crippen molar-refractivity contribution in [2.24, 2.45) is 0 Å². The van der Waals surface area contributed by atoms with Crippen LogP contribution in [0.1, 0.15) is 38.1 Å². The summed E-state index contributed by atoms with van der Waals surface area (Å²) in [6.45, 7) is 4.66. The number of aliphatic hydroxyl groups excluding tert-OH is 1. The molecule has 33 heavy (non-hydrogen) atoms. The molecule has 4 rings (SSSR count). The van der Waals surface area contributed by atoms with Gasteiger partial charge in [-0.2, -0.15) is 5.26 Å². The highest BCUT2D eigenvalue weighted by atomic mass is 35.5. The fraction of sp³-hybridized carbons (Fsp3) is 0.227. The number of carbonyl (C=O) groups is 1. The van der Waals surface area contributed by atoms with Gasteiger partial charge in [0, 0.05) is 18.3 Å². The zero-order chi connectivity index (χ0) is 24.2. The van der Waals surface area contributed by atoms with Crippen molar-refractivity contribution < 1.29 is 14.3 Å². The van der Waals surface area contributed by atoms with E-state index in [1.165, 1.54) is 35.1 Å². The molecule has 11 heteroatoms. The Kier molecular flexibility index (Phi) is 5.44. The zero-order valence-corrected chi connectivity index (χ0v) is 19.3. The van der Waals surface area contributed by atoms with Gasteiger partial charge in [0.25, 0.3) is 11.5 Å². The molecule has 0 radical (unpaired) electrons. The molecule has 3 aromatic rings. The van der Waals surface area contributed by atoms with E-state index >= 15 is 4.39 Å². The SMILES string of the molecule is C[C@@H](O)c1cc(=O)n2cc(N3C(=S)N(c4ccc(C#N)c(Cl)c4)C(=O)C3(C)C)cc(F)c2n1. The molecule has 0 aliphatic carbocycles. The first-order valence-corrected chi connectivity index (χ1v) is 10.6. The molecule has 1 aliphatic rings. The van der Waals surface area contributed by atoms with Crippen molar-refractivity contribution in [3.05, 3.63) is 69.0 Å². The number of thiocarbonyl (C=S) groups is 1. The van der Waals surface area contributed by atoms with Crippen LogP contribution in [0, 0.1) is 17.1 Å². The minimum Gasteiger partial charge on any atom is -0.387 e. The molecule has 1 saturated heterocycles.